The van der Waals surface area contributed by atoms with Crippen LogP contribution in [0.25, 0.3) is 10.8 Å². The molecule has 2 aromatic carbocycles. The number of rotatable bonds is 10. The highest BCUT2D eigenvalue weighted by atomic mass is 32.2. The van der Waals surface area contributed by atoms with Gasteiger partial charge in [-0.1, -0.05) is 43.3 Å². The second kappa shape index (κ2) is 13.0. The van der Waals surface area contributed by atoms with Crippen LogP contribution in [0.5, 0.6) is 6.01 Å². The molecule has 3 aliphatic heterocycles. The zero-order valence-corrected chi connectivity index (χ0v) is 28.6. The third-order valence-electron chi connectivity index (χ3n) is 10.8. The highest BCUT2D eigenvalue weighted by Crippen LogP contribution is 2.55. The van der Waals surface area contributed by atoms with E-state index in [1.54, 1.807) is 4.90 Å². The number of nitriles is 1. The number of thioether (sulfide) groups is 1. The number of carbonyl (C=O) groups excluding carboxylic acids is 1. The Balaban J connectivity index is 1.17. The Morgan fingerprint density at radius 2 is 2.00 bits per heavy atom. The molecule has 0 radical (unpaired) electrons. The molecule has 3 atom stereocenters. The van der Waals surface area contributed by atoms with E-state index in [4.69, 9.17) is 14.7 Å². The van der Waals surface area contributed by atoms with Crippen molar-refractivity contribution >= 4 is 39.9 Å². The minimum Gasteiger partial charge on any atom is -0.462 e. The van der Waals surface area contributed by atoms with Gasteiger partial charge in [0.15, 0.2) is 0 Å². The maximum Gasteiger partial charge on any atom is 0.318 e. The third-order valence-corrected chi connectivity index (χ3v) is 12.5. The number of aromatic nitrogens is 2. The van der Waals surface area contributed by atoms with E-state index in [0.29, 0.717) is 44.0 Å². The monoisotopic (exact) mass is 651 g/mol. The minimum absolute atomic E-state index is 0.0776. The van der Waals surface area contributed by atoms with E-state index in [1.165, 1.54) is 47.4 Å². The van der Waals surface area contributed by atoms with Crippen LogP contribution in [0.1, 0.15) is 49.4 Å². The molecule has 7 rings (SSSR count). The SMILES string of the molecule is C=CC(=O)N1CCN(c2nc(OCC3S[C@]3(C)N(C)CC3CCC3)nc3c2CCN(c2cccc4cccc(C)c24)C3)C[C@@H]1CC#N. The van der Waals surface area contributed by atoms with Crippen LogP contribution in [-0.4, -0.2) is 88.2 Å². The number of piperazine rings is 1. The van der Waals surface area contributed by atoms with E-state index in [2.05, 4.69) is 84.6 Å². The number of amides is 1. The Hall–Kier alpha value is -3.81. The van der Waals surface area contributed by atoms with Crippen molar-refractivity contribution in [2.45, 2.75) is 68.7 Å². The molecule has 4 heterocycles. The summed E-state index contributed by atoms with van der Waals surface area (Å²) >= 11 is 1.97. The highest BCUT2D eigenvalue weighted by Gasteiger charge is 2.55. The van der Waals surface area contributed by atoms with E-state index in [9.17, 15) is 10.1 Å². The number of aryl methyl sites for hydroxylation is 1. The lowest BCUT2D eigenvalue weighted by Crippen LogP contribution is -2.55. The number of anilines is 2. The maximum absolute atomic E-state index is 12.6. The molecule has 246 valence electrons. The maximum atomic E-state index is 12.6. The topological polar surface area (TPSA) is 88.8 Å². The summed E-state index contributed by atoms with van der Waals surface area (Å²) in [6.45, 7) is 13.1. The van der Waals surface area contributed by atoms with E-state index in [-0.39, 0.29) is 23.2 Å². The number of hydrogen-bond donors (Lipinski definition) is 0. The van der Waals surface area contributed by atoms with Crippen LogP contribution in [0.15, 0.2) is 49.1 Å². The van der Waals surface area contributed by atoms with Gasteiger partial charge in [0.1, 0.15) is 12.4 Å². The number of ether oxygens (including phenoxy) is 1. The van der Waals surface area contributed by atoms with Crippen molar-refractivity contribution < 1.29 is 9.53 Å². The van der Waals surface area contributed by atoms with Gasteiger partial charge >= 0.3 is 6.01 Å². The van der Waals surface area contributed by atoms with Crippen molar-refractivity contribution in [2.75, 3.05) is 56.2 Å². The molecule has 1 aromatic heterocycles. The standard InChI is InChI=1S/C37H45N7O2S/c1-5-33(45)44-20-19-43(22-28(44)15-17-38)35-29-16-18-42(31-14-8-13-27-12-6-9-25(2)34(27)31)23-30(29)39-36(40-35)46-24-32-37(3,47-32)41(4)21-26-10-7-11-26/h5-6,8-9,12-14,26,28,32H,1,7,10-11,15-16,18-24H2,2-4H3/t28-,32?,37-/m0/s1. The van der Waals surface area contributed by atoms with Gasteiger partial charge in [-0.25, -0.2) is 0 Å². The Kier molecular flexibility index (Phi) is 8.79. The van der Waals surface area contributed by atoms with Crippen LogP contribution in [0, 0.1) is 24.2 Å². The van der Waals surface area contributed by atoms with E-state index < -0.39 is 0 Å². The summed E-state index contributed by atoms with van der Waals surface area (Å²) < 4.78 is 6.45. The lowest BCUT2D eigenvalue weighted by Gasteiger charge is -2.42. The summed E-state index contributed by atoms with van der Waals surface area (Å²) in [5, 5.41) is 12.5. The molecule has 1 amide bonds. The molecular formula is C37H45N7O2S. The van der Waals surface area contributed by atoms with Gasteiger partial charge in [0, 0.05) is 49.4 Å². The van der Waals surface area contributed by atoms with Crippen molar-refractivity contribution in [2.24, 2.45) is 5.92 Å². The predicted molar refractivity (Wildman–Crippen MR) is 189 cm³/mol. The second-order valence-electron chi connectivity index (χ2n) is 13.7. The molecular weight excluding hydrogens is 607 g/mol. The van der Waals surface area contributed by atoms with Gasteiger partial charge < -0.3 is 19.4 Å². The zero-order valence-electron chi connectivity index (χ0n) is 27.8. The van der Waals surface area contributed by atoms with Gasteiger partial charge in [-0.15, -0.1) is 11.8 Å². The Labute approximate surface area is 282 Å². The summed E-state index contributed by atoms with van der Waals surface area (Å²) in [6.07, 6.45) is 6.45. The van der Waals surface area contributed by atoms with Crippen molar-refractivity contribution in [1.29, 1.82) is 5.26 Å². The number of hydrogen-bond acceptors (Lipinski definition) is 9. The van der Waals surface area contributed by atoms with Crippen LogP contribution in [0.3, 0.4) is 0 Å². The van der Waals surface area contributed by atoms with Gasteiger partial charge in [0.2, 0.25) is 5.91 Å². The Morgan fingerprint density at radius 1 is 1.19 bits per heavy atom. The van der Waals surface area contributed by atoms with Crippen molar-refractivity contribution in [3.63, 3.8) is 0 Å². The largest absolute Gasteiger partial charge is 0.462 e. The molecule has 47 heavy (non-hydrogen) atoms. The highest BCUT2D eigenvalue weighted by molar-refractivity contribution is 8.08. The third kappa shape index (κ3) is 6.16. The number of nitrogens with zero attached hydrogens (tertiary/aromatic N) is 7. The summed E-state index contributed by atoms with van der Waals surface area (Å²) in [7, 11) is 2.25. The zero-order chi connectivity index (χ0) is 32.7. The van der Waals surface area contributed by atoms with E-state index >= 15 is 0 Å². The molecule has 3 fully saturated rings. The van der Waals surface area contributed by atoms with E-state index in [0.717, 1.165) is 42.5 Å². The van der Waals surface area contributed by atoms with Gasteiger partial charge in [-0.2, -0.15) is 15.2 Å². The lowest BCUT2D eigenvalue weighted by molar-refractivity contribution is -0.128. The van der Waals surface area contributed by atoms with Crippen LogP contribution in [-0.2, 0) is 17.8 Å². The number of benzene rings is 2. The Morgan fingerprint density at radius 3 is 2.74 bits per heavy atom. The van der Waals surface area contributed by atoms with Crippen LogP contribution < -0.4 is 14.5 Å². The minimum atomic E-state index is -0.234. The average Bonchev–Trinajstić information content (AvgIpc) is 3.75. The van der Waals surface area contributed by atoms with Crippen molar-refractivity contribution in [1.82, 2.24) is 19.8 Å². The lowest BCUT2D eigenvalue weighted by atomic mass is 9.85. The molecule has 10 heteroatoms. The molecule has 4 aliphatic rings. The molecule has 2 saturated heterocycles. The average molecular weight is 652 g/mol. The first kappa shape index (κ1) is 31.8. The smallest absolute Gasteiger partial charge is 0.318 e. The van der Waals surface area contributed by atoms with Gasteiger partial charge in [-0.3, -0.25) is 9.69 Å². The molecule has 1 aliphatic carbocycles. The number of fused-ring (bicyclic) bond motifs is 2. The van der Waals surface area contributed by atoms with Crippen molar-refractivity contribution in [3.05, 3.63) is 65.9 Å². The molecule has 0 bridgehead atoms. The fraction of sp³-hybridized carbons (Fsp3) is 0.514. The molecule has 9 nitrogen and oxygen atoms in total. The molecule has 1 saturated carbocycles. The fourth-order valence-corrected chi connectivity index (χ4v) is 8.74. The summed E-state index contributed by atoms with van der Waals surface area (Å²) in [4.78, 5) is 31.8. The normalized spacial score (nSPS) is 24.1. The summed E-state index contributed by atoms with van der Waals surface area (Å²) in [5.74, 6) is 1.57. The molecule has 3 aromatic rings. The predicted octanol–water partition coefficient (Wildman–Crippen LogP) is 5.56. The van der Waals surface area contributed by atoms with Crippen LogP contribution in [0.4, 0.5) is 11.5 Å². The van der Waals surface area contributed by atoms with Gasteiger partial charge in [0.05, 0.1) is 40.9 Å². The van der Waals surface area contributed by atoms with Gasteiger partial charge in [-0.05, 0) is 69.2 Å². The van der Waals surface area contributed by atoms with Crippen LogP contribution >= 0.6 is 11.8 Å². The first-order chi connectivity index (χ1) is 22.8. The van der Waals surface area contributed by atoms with Crippen LogP contribution in [0.2, 0.25) is 0 Å². The first-order valence-corrected chi connectivity index (χ1v) is 17.9. The molecule has 1 unspecified atom stereocenters. The Bertz CT molecular complexity index is 1720. The summed E-state index contributed by atoms with van der Waals surface area (Å²) in [6, 6.07) is 15.5. The molecule has 0 N–H and O–H groups in total. The quantitative estimate of drug-likeness (QED) is 0.207. The van der Waals surface area contributed by atoms with E-state index in [1.807, 2.05) is 11.8 Å². The summed E-state index contributed by atoms with van der Waals surface area (Å²) in [5.41, 5.74) is 4.60. The number of carbonyl (C=O) groups is 1. The van der Waals surface area contributed by atoms with Gasteiger partial charge in [0.25, 0.3) is 0 Å². The second-order valence-corrected chi connectivity index (χ2v) is 15.4. The molecule has 0 spiro atoms. The fourth-order valence-electron chi connectivity index (χ4n) is 7.60. The van der Waals surface area contributed by atoms with Crippen molar-refractivity contribution in [3.8, 4) is 12.1 Å². The first-order valence-electron chi connectivity index (χ1n) is 17.0.